The lowest BCUT2D eigenvalue weighted by atomic mass is 9.81. The van der Waals surface area contributed by atoms with Crippen LogP contribution in [0.15, 0.2) is 67.1 Å². The summed E-state index contributed by atoms with van der Waals surface area (Å²) in [5, 5.41) is 7.66. The van der Waals surface area contributed by atoms with Gasteiger partial charge in [0.15, 0.2) is 0 Å². The van der Waals surface area contributed by atoms with E-state index in [1.807, 2.05) is 53.3 Å². The molecule has 0 saturated heterocycles. The zero-order valence-corrected chi connectivity index (χ0v) is 18.7. The van der Waals surface area contributed by atoms with Crippen molar-refractivity contribution in [3.05, 3.63) is 78.3 Å². The first-order valence-corrected chi connectivity index (χ1v) is 11.2. The van der Waals surface area contributed by atoms with Crippen molar-refractivity contribution in [1.29, 1.82) is 0 Å². The van der Waals surface area contributed by atoms with Crippen LogP contribution in [0.3, 0.4) is 0 Å². The second-order valence-electron chi connectivity index (χ2n) is 8.31. The molecule has 2 aromatic heterocycles. The van der Waals surface area contributed by atoms with Gasteiger partial charge in [-0.05, 0) is 36.6 Å². The van der Waals surface area contributed by atoms with Crippen molar-refractivity contribution in [2.24, 2.45) is 0 Å². The van der Waals surface area contributed by atoms with Crippen LogP contribution in [0, 0.1) is 0 Å². The molecule has 1 aliphatic carbocycles. The van der Waals surface area contributed by atoms with Gasteiger partial charge in [-0.15, -0.1) is 0 Å². The predicted molar refractivity (Wildman–Crippen MR) is 126 cm³/mol. The smallest absolute Gasteiger partial charge is 0.331 e. The van der Waals surface area contributed by atoms with Crippen molar-refractivity contribution < 1.29 is 14.3 Å². The number of amides is 1. The number of hydrogen-bond donors (Lipinski definition) is 1. The van der Waals surface area contributed by atoms with Crippen molar-refractivity contribution in [3.63, 3.8) is 0 Å². The molecule has 1 amide bonds. The molecule has 0 bridgehead atoms. The summed E-state index contributed by atoms with van der Waals surface area (Å²) in [5.41, 5.74) is 2.58. The molecule has 0 aliphatic heterocycles. The fourth-order valence-electron chi connectivity index (χ4n) is 4.31. The monoisotopic (exact) mass is 444 g/mol. The Bertz CT molecular complexity index is 1120. The van der Waals surface area contributed by atoms with E-state index in [0.29, 0.717) is 19.4 Å². The Balaban J connectivity index is 1.58. The summed E-state index contributed by atoms with van der Waals surface area (Å²) in [6.45, 7) is 0.611. The third kappa shape index (κ3) is 5.37. The molecule has 4 rings (SSSR count). The maximum atomic E-state index is 12.8. The zero-order valence-electron chi connectivity index (χ0n) is 18.7. The van der Waals surface area contributed by atoms with Crippen LogP contribution in [0.2, 0.25) is 0 Å². The number of methoxy groups -OCH3 is 1. The molecule has 1 saturated carbocycles. The number of benzene rings is 1. The van der Waals surface area contributed by atoms with Gasteiger partial charge in [0, 0.05) is 35.8 Å². The average Bonchev–Trinajstić information content (AvgIpc) is 3.26. The van der Waals surface area contributed by atoms with Crippen molar-refractivity contribution in [2.45, 2.75) is 44.2 Å². The average molecular weight is 445 g/mol. The van der Waals surface area contributed by atoms with Crippen molar-refractivity contribution in [3.8, 4) is 11.3 Å². The number of rotatable bonds is 7. The van der Waals surface area contributed by atoms with Crippen molar-refractivity contribution in [1.82, 2.24) is 20.1 Å². The van der Waals surface area contributed by atoms with Crippen molar-refractivity contribution >= 4 is 18.0 Å². The number of nitrogens with one attached hydrogen (secondary N) is 1. The Hall–Kier alpha value is -3.74. The van der Waals surface area contributed by atoms with Gasteiger partial charge < -0.3 is 10.1 Å². The number of carbonyl (C=O) groups excluding carboxylic acids is 2. The van der Waals surface area contributed by atoms with E-state index in [1.54, 1.807) is 18.5 Å². The molecular weight excluding hydrogens is 416 g/mol. The van der Waals surface area contributed by atoms with Crippen LogP contribution in [0.4, 0.5) is 0 Å². The van der Waals surface area contributed by atoms with Gasteiger partial charge in [-0.2, -0.15) is 5.10 Å². The van der Waals surface area contributed by atoms with E-state index in [9.17, 15) is 9.59 Å². The molecule has 170 valence electrons. The number of esters is 1. The highest BCUT2D eigenvalue weighted by Gasteiger charge is 2.41. The van der Waals surface area contributed by atoms with E-state index in [1.165, 1.54) is 13.2 Å². The van der Waals surface area contributed by atoms with Gasteiger partial charge in [0.2, 0.25) is 5.91 Å². The number of ether oxygens (including phenoxy) is 1. The lowest BCUT2D eigenvalue weighted by molar-refractivity contribution is -0.152. The van der Waals surface area contributed by atoms with Gasteiger partial charge in [-0.3, -0.25) is 14.5 Å². The third-order valence-electron chi connectivity index (χ3n) is 5.97. The minimum absolute atomic E-state index is 0.324. The highest BCUT2D eigenvalue weighted by Crippen LogP contribution is 2.29. The van der Waals surface area contributed by atoms with Crippen LogP contribution < -0.4 is 5.32 Å². The summed E-state index contributed by atoms with van der Waals surface area (Å²) >= 11 is 0. The Labute approximate surface area is 193 Å². The largest absolute Gasteiger partial charge is 0.467 e. The molecule has 3 aromatic rings. The van der Waals surface area contributed by atoms with Gasteiger partial charge in [-0.1, -0.05) is 49.6 Å². The maximum Gasteiger partial charge on any atom is 0.331 e. The number of carbonyl (C=O) groups is 2. The van der Waals surface area contributed by atoms with E-state index < -0.39 is 5.54 Å². The number of nitrogens with zero attached hydrogens (tertiary/aromatic N) is 3. The summed E-state index contributed by atoms with van der Waals surface area (Å²) in [6, 6.07) is 13.9. The molecule has 1 fully saturated rings. The molecule has 7 heteroatoms. The van der Waals surface area contributed by atoms with Crippen molar-refractivity contribution in [2.75, 3.05) is 7.11 Å². The molecule has 1 aromatic carbocycles. The maximum absolute atomic E-state index is 12.8. The van der Waals surface area contributed by atoms with Crippen LogP contribution in [0.1, 0.15) is 43.2 Å². The molecule has 1 aliphatic rings. The van der Waals surface area contributed by atoms with Gasteiger partial charge in [-0.25, -0.2) is 4.79 Å². The Morgan fingerprint density at radius 2 is 1.91 bits per heavy atom. The van der Waals surface area contributed by atoms with Gasteiger partial charge >= 0.3 is 5.97 Å². The molecule has 0 unspecified atom stereocenters. The Morgan fingerprint density at radius 3 is 2.61 bits per heavy atom. The fourth-order valence-corrected chi connectivity index (χ4v) is 4.31. The SMILES string of the molecule is COC(=O)C1(NC(=O)/C=C/c2cn(Cc3ccccc3)nc2-c2cccnc2)CCCCC1. The van der Waals surface area contributed by atoms with Crippen LogP contribution >= 0.6 is 0 Å². The second kappa shape index (κ2) is 10.3. The molecule has 33 heavy (non-hydrogen) atoms. The molecular formula is C26H28N4O3. The Morgan fingerprint density at radius 1 is 1.12 bits per heavy atom. The summed E-state index contributed by atoms with van der Waals surface area (Å²) in [7, 11) is 1.36. The summed E-state index contributed by atoms with van der Waals surface area (Å²) in [5.74, 6) is -0.703. The van der Waals surface area contributed by atoms with Gasteiger partial charge in [0.1, 0.15) is 11.2 Å². The standard InChI is InChI=1S/C26H28N4O3/c1-33-25(32)26(14-6-3-7-15-26)28-23(31)13-12-22-19-30(18-20-9-4-2-5-10-20)29-24(22)21-11-8-16-27-17-21/h2,4-5,8-13,16-17,19H,3,6-7,14-15,18H2,1H3,(H,28,31)/b13-12+. The first-order chi connectivity index (χ1) is 16.1. The van der Waals surface area contributed by atoms with E-state index in [-0.39, 0.29) is 11.9 Å². The third-order valence-corrected chi connectivity index (χ3v) is 5.97. The second-order valence-corrected chi connectivity index (χ2v) is 8.31. The van der Waals surface area contributed by atoms with E-state index in [2.05, 4.69) is 10.3 Å². The normalized spacial score (nSPS) is 15.3. The number of pyridine rings is 1. The molecule has 0 radical (unpaired) electrons. The zero-order chi connectivity index (χ0) is 23.1. The highest BCUT2D eigenvalue weighted by molar-refractivity contribution is 5.96. The quantitative estimate of drug-likeness (QED) is 0.440. The first-order valence-electron chi connectivity index (χ1n) is 11.2. The molecule has 2 heterocycles. The lowest BCUT2D eigenvalue weighted by Gasteiger charge is -2.34. The van der Waals surface area contributed by atoms with E-state index in [4.69, 9.17) is 9.84 Å². The minimum Gasteiger partial charge on any atom is -0.467 e. The topological polar surface area (TPSA) is 86.1 Å². The first kappa shape index (κ1) is 22.5. The van der Waals surface area contributed by atoms with Crippen LogP contribution in [0.5, 0.6) is 0 Å². The molecule has 0 spiro atoms. The number of hydrogen-bond acceptors (Lipinski definition) is 5. The highest BCUT2D eigenvalue weighted by atomic mass is 16.5. The van der Waals surface area contributed by atoms with Crippen LogP contribution in [-0.2, 0) is 20.9 Å². The number of aromatic nitrogens is 3. The molecule has 7 nitrogen and oxygen atoms in total. The summed E-state index contributed by atoms with van der Waals surface area (Å²) < 4.78 is 6.85. The fraction of sp³-hybridized carbons (Fsp3) is 0.308. The Kier molecular flexibility index (Phi) is 6.98. The minimum atomic E-state index is -0.946. The summed E-state index contributed by atoms with van der Waals surface area (Å²) in [6.07, 6.45) is 12.6. The van der Waals surface area contributed by atoms with E-state index in [0.717, 1.165) is 41.6 Å². The lowest BCUT2D eigenvalue weighted by Crippen LogP contribution is -2.55. The van der Waals surface area contributed by atoms with E-state index >= 15 is 0 Å². The molecule has 0 atom stereocenters. The van der Waals surface area contributed by atoms with Crippen LogP contribution in [0.25, 0.3) is 17.3 Å². The van der Waals surface area contributed by atoms with Crippen LogP contribution in [-0.4, -0.2) is 39.3 Å². The predicted octanol–water partition coefficient (Wildman–Crippen LogP) is 4.00. The van der Waals surface area contributed by atoms with Gasteiger partial charge in [0.05, 0.1) is 13.7 Å². The van der Waals surface area contributed by atoms with Gasteiger partial charge in [0.25, 0.3) is 0 Å². The summed E-state index contributed by atoms with van der Waals surface area (Å²) in [4.78, 5) is 29.4. The molecule has 1 N–H and O–H groups in total.